The highest BCUT2D eigenvalue weighted by Crippen LogP contribution is 2.28. The molecule has 0 heterocycles. The Morgan fingerprint density at radius 3 is 2.73 bits per heavy atom. The van der Waals surface area contributed by atoms with E-state index in [1.54, 1.807) is 6.92 Å². The Kier molecular flexibility index (Phi) is 2.59. The molecule has 0 spiro atoms. The minimum absolute atomic E-state index is 0.174. The van der Waals surface area contributed by atoms with E-state index in [1.807, 2.05) is 22.6 Å². The number of halogens is 3. The summed E-state index contributed by atoms with van der Waals surface area (Å²) in [6.07, 6.45) is 0. The summed E-state index contributed by atoms with van der Waals surface area (Å²) in [7, 11) is 0. The quantitative estimate of drug-likeness (QED) is 0.575. The summed E-state index contributed by atoms with van der Waals surface area (Å²) in [5.74, 6) is -0.454. The number of hydrogen-bond acceptors (Lipinski definition) is 1. The van der Waals surface area contributed by atoms with E-state index < -0.39 is 5.82 Å². The van der Waals surface area contributed by atoms with Gasteiger partial charge in [0, 0.05) is 8.59 Å². The van der Waals surface area contributed by atoms with Gasteiger partial charge in [-0.15, -0.1) is 0 Å². The smallest absolute Gasteiger partial charge is 0.148 e. The van der Waals surface area contributed by atoms with E-state index in [0.717, 1.165) is 5.56 Å². The van der Waals surface area contributed by atoms with E-state index in [9.17, 15) is 4.39 Å². The van der Waals surface area contributed by atoms with Crippen LogP contribution in [0.3, 0.4) is 0 Å². The molecule has 0 aliphatic carbocycles. The third kappa shape index (κ3) is 1.59. The Hall–Kier alpha value is -0.0300. The SMILES string of the molecule is Cc1c(Cl)cc(F)c(N)c1I. The lowest BCUT2D eigenvalue weighted by molar-refractivity contribution is 0.631. The number of nitrogen functional groups attached to an aromatic ring is 1. The molecule has 0 amide bonds. The first-order valence-electron chi connectivity index (χ1n) is 2.93. The Morgan fingerprint density at radius 1 is 1.64 bits per heavy atom. The van der Waals surface area contributed by atoms with Crippen LogP contribution in [0.25, 0.3) is 0 Å². The van der Waals surface area contributed by atoms with Crippen LogP contribution in [0.2, 0.25) is 5.02 Å². The van der Waals surface area contributed by atoms with Crippen molar-refractivity contribution in [3.05, 3.63) is 26.0 Å². The summed E-state index contributed by atoms with van der Waals surface area (Å²) in [6, 6.07) is 1.23. The topological polar surface area (TPSA) is 26.0 Å². The molecule has 1 rings (SSSR count). The van der Waals surface area contributed by atoms with Gasteiger partial charge < -0.3 is 5.73 Å². The van der Waals surface area contributed by atoms with E-state index in [2.05, 4.69) is 0 Å². The largest absolute Gasteiger partial charge is 0.395 e. The van der Waals surface area contributed by atoms with Gasteiger partial charge in [-0.1, -0.05) is 11.6 Å². The first-order chi connectivity index (χ1) is 5.04. The average Bonchev–Trinajstić information content (AvgIpc) is 1.97. The van der Waals surface area contributed by atoms with Crippen molar-refractivity contribution in [3.63, 3.8) is 0 Å². The third-order valence-electron chi connectivity index (χ3n) is 1.43. The van der Waals surface area contributed by atoms with Crippen molar-refractivity contribution in [1.29, 1.82) is 0 Å². The predicted octanol–water partition coefficient (Wildman–Crippen LogP) is 2.97. The van der Waals surface area contributed by atoms with Gasteiger partial charge in [-0.3, -0.25) is 0 Å². The molecular weight excluding hydrogens is 279 g/mol. The highest BCUT2D eigenvalue weighted by Gasteiger charge is 2.08. The van der Waals surface area contributed by atoms with Crippen molar-refractivity contribution in [2.24, 2.45) is 0 Å². The summed E-state index contributed by atoms with van der Waals surface area (Å²) in [6.45, 7) is 1.81. The molecule has 0 unspecified atom stereocenters. The lowest BCUT2D eigenvalue weighted by Crippen LogP contribution is -1.97. The standard InChI is InChI=1S/C7H6ClFIN/c1-3-4(8)2-5(9)7(11)6(3)10/h2H,11H2,1H3. The molecule has 11 heavy (non-hydrogen) atoms. The summed E-state index contributed by atoms with van der Waals surface area (Å²) in [5, 5.41) is 0.418. The van der Waals surface area contributed by atoms with E-state index in [1.165, 1.54) is 6.07 Å². The lowest BCUT2D eigenvalue weighted by Gasteiger charge is -2.05. The van der Waals surface area contributed by atoms with Crippen molar-refractivity contribution in [2.45, 2.75) is 6.92 Å². The summed E-state index contributed by atoms with van der Waals surface area (Å²) >= 11 is 7.66. The number of anilines is 1. The molecule has 0 aromatic heterocycles. The van der Waals surface area contributed by atoms with Crippen LogP contribution >= 0.6 is 34.2 Å². The van der Waals surface area contributed by atoms with E-state index in [-0.39, 0.29) is 5.69 Å². The maximum absolute atomic E-state index is 12.8. The average molecular weight is 285 g/mol. The monoisotopic (exact) mass is 285 g/mol. The fourth-order valence-electron chi connectivity index (χ4n) is 0.709. The molecule has 0 aliphatic rings. The predicted molar refractivity (Wildman–Crippen MR) is 53.3 cm³/mol. The molecule has 4 heteroatoms. The Morgan fingerprint density at radius 2 is 2.18 bits per heavy atom. The maximum atomic E-state index is 12.8. The van der Waals surface area contributed by atoms with E-state index >= 15 is 0 Å². The summed E-state index contributed by atoms with van der Waals surface area (Å²) in [4.78, 5) is 0. The van der Waals surface area contributed by atoms with Crippen LogP contribution in [-0.2, 0) is 0 Å². The molecule has 0 saturated carbocycles. The first kappa shape index (κ1) is 9.06. The van der Waals surface area contributed by atoms with Gasteiger partial charge in [-0.05, 0) is 41.1 Å². The molecule has 2 N–H and O–H groups in total. The minimum Gasteiger partial charge on any atom is -0.395 e. The van der Waals surface area contributed by atoms with Crippen molar-refractivity contribution in [3.8, 4) is 0 Å². The molecule has 0 fully saturated rings. The van der Waals surface area contributed by atoms with Gasteiger partial charge in [0.1, 0.15) is 5.82 Å². The van der Waals surface area contributed by atoms with Crippen molar-refractivity contribution in [2.75, 3.05) is 5.73 Å². The molecule has 0 saturated heterocycles. The van der Waals surface area contributed by atoms with Crippen LogP contribution in [0.15, 0.2) is 6.07 Å². The van der Waals surface area contributed by atoms with Crippen LogP contribution in [0.4, 0.5) is 10.1 Å². The van der Waals surface area contributed by atoms with Crippen LogP contribution in [0.1, 0.15) is 5.56 Å². The van der Waals surface area contributed by atoms with Crippen LogP contribution in [0.5, 0.6) is 0 Å². The van der Waals surface area contributed by atoms with Gasteiger partial charge in [0.15, 0.2) is 0 Å². The fraction of sp³-hybridized carbons (Fsp3) is 0.143. The molecule has 60 valence electrons. The normalized spacial score (nSPS) is 10.2. The number of rotatable bonds is 0. The summed E-state index contributed by atoms with van der Waals surface area (Å²) < 4.78 is 13.5. The second kappa shape index (κ2) is 3.15. The Labute approximate surface area is 82.9 Å². The van der Waals surface area contributed by atoms with E-state index in [4.69, 9.17) is 17.3 Å². The van der Waals surface area contributed by atoms with Gasteiger partial charge in [0.25, 0.3) is 0 Å². The number of nitrogens with two attached hydrogens (primary N) is 1. The molecule has 0 aliphatic heterocycles. The molecule has 0 bridgehead atoms. The zero-order chi connectivity index (χ0) is 8.59. The molecule has 1 nitrogen and oxygen atoms in total. The second-order valence-electron chi connectivity index (χ2n) is 2.19. The highest BCUT2D eigenvalue weighted by molar-refractivity contribution is 14.1. The Bertz CT molecular complexity index is 275. The summed E-state index contributed by atoms with van der Waals surface area (Å²) in [5.41, 5.74) is 6.41. The van der Waals surface area contributed by atoms with Crippen LogP contribution in [-0.4, -0.2) is 0 Å². The first-order valence-corrected chi connectivity index (χ1v) is 4.39. The maximum Gasteiger partial charge on any atom is 0.148 e. The van der Waals surface area contributed by atoms with Gasteiger partial charge in [-0.25, -0.2) is 4.39 Å². The van der Waals surface area contributed by atoms with E-state index in [0.29, 0.717) is 8.59 Å². The van der Waals surface area contributed by atoms with Crippen LogP contribution in [0, 0.1) is 16.3 Å². The highest BCUT2D eigenvalue weighted by atomic mass is 127. The number of benzene rings is 1. The van der Waals surface area contributed by atoms with Gasteiger partial charge >= 0.3 is 0 Å². The third-order valence-corrected chi connectivity index (χ3v) is 3.22. The lowest BCUT2D eigenvalue weighted by atomic mass is 10.2. The number of hydrogen-bond donors (Lipinski definition) is 1. The molecule has 1 aromatic carbocycles. The zero-order valence-corrected chi connectivity index (χ0v) is 8.70. The molecule has 1 aromatic rings. The van der Waals surface area contributed by atoms with Gasteiger partial charge in [0.2, 0.25) is 0 Å². The van der Waals surface area contributed by atoms with Crippen LogP contribution < -0.4 is 5.73 Å². The van der Waals surface area contributed by atoms with Gasteiger partial charge in [0.05, 0.1) is 5.69 Å². The van der Waals surface area contributed by atoms with Crippen molar-refractivity contribution < 1.29 is 4.39 Å². The zero-order valence-electron chi connectivity index (χ0n) is 5.79. The Balaban J connectivity index is 3.46. The molecule has 0 atom stereocenters. The molecule has 0 radical (unpaired) electrons. The fourth-order valence-corrected chi connectivity index (χ4v) is 1.61. The van der Waals surface area contributed by atoms with Crippen molar-refractivity contribution >= 4 is 39.9 Å². The van der Waals surface area contributed by atoms with Gasteiger partial charge in [-0.2, -0.15) is 0 Å². The molecular formula is C7H6ClFIN. The van der Waals surface area contributed by atoms with Crippen molar-refractivity contribution in [1.82, 2.24) is 0 Å². The minimum atomic E-state index is -0.454. The second-order valence-corrected chi connectivity index (χ2v) is 3.68.